The van der Waals surface area contributed by atoms with Crippen molar-refractivity contribution in [2.45, 2.75) is 26.3 Å². The van der Waals surface area contributed by atoms with Crippen molar-refractivity contribution in [1.82, 2.24) is 4.90 Å². The van der Waals surface area contributed by atoms with E-state index >= 15 is 0 Å². The van der Waals surface area contributed by atoms with Crippen LogP contribution in [0.5, 0.6) is 5.75 Å². The molecule has 1 aromatic rings. The van der Waals surface area contributed by atoms with Gasteiger partial charge < -0.3 is 9.47 Å². The maximum atomic E-state index is 11.2. The Morgan fingerprint density at radius 1 is 1.50 bits per heavy atom. The molecule has 0 N–H and O–H groups in total. The Labute approximate surface area is 128 Å². The van der Waals surface area contributed by atoms with Gasteiger partial charge in [0.2, 0.25) is 0 Å². The van der Waals surface area contributed by atoms with E-state index in [2.05, 4.69) is 39.9 Å². The molecule has 0 fully saturated rings. The van der Waals surface area contributed by atoms with Crippen LogP contribution in [0.15, 0.2) is 16.6 Å². The summed E-state index contributed by atoms with van der Waals surface area (Å²) in [4.78, 5) is 13.5. The fraction of sp³-hybridized carbons (Fsp3) is 0.533. The number of methoxy groups -OCH3 is 1. The highest BCUT2D eigenvalue weighted by molar-refractivity contribution is 9.10. The second-order valence-electron chi connectivity index (χ2n) is 4.85. The highest BCUT2D eigenvalue weighted by atomic mass is 79.9. The molecule has 0 bridgehead atoms. The summed E-state index contributed by atoms with van der Waals surface area (Å²) in [5, 5.41) is 0. The van der Waals surface area contributed by atoms with Gasteiger partial charge in [-0.05, 0) is 24.2 Å². The summed E-state index contributed by atoms with van der Waals surface area (Å²) in [5.41, 5.74) is 2.44. The van der Waals surface area contributed by atoms with E-state index in [9.17, 15) is 4.79 Å². The molecule has 1 heterocycles. The lowest BCUT2D eigenvalue weighted by Crippen LogP contribution is -2.26. The predicted octanol–water partition coefficient (Wildman–Crippen LogP) is 2.77. The average molecular weight is 342 g/mol. The smallest absolute Gasteiger partial charge is 0.306 e. The molecule has 0 unspecified atom stereocenters. The number of nitrogens with zero attached hydrogens (tertiary/aromatic N) is 1. The molecule has 0 saturated carbocycles. The van der Waals surface area contributed by atoms with E-state index in [0.717, 1.165) is 36.3 Å². The number of fused-ring (bicyclic) bond motifs is 1. The van der Waals surface area contributed by atoms with Gasteiger partial charge in [-0.15, -0.1) is 0 Å². The molecule has 20 heavy (non-hydrogen) atoms. The number of rotatable bonds is 6. The van der Waals surface area contributed by atoms with Crippen LogP contribution in [0.4, 0.5) is 0 Å². The van der Waals surface area contributed by atoms with E-state index in [0.29, 0.717) is 13.0 Å². The van der Waals surface area contributed by atoms with Crippen LogP contribution < -0.4 is 4.74 Å². The number of carbonyl (C=O) groups excluding carboxylic acids is 1. The first-order valence-corrected chi connectivity index (χ1v) is 7.66. The number of hydrogen-bond acceptors (Lipinski definition) is 4. The Kier molecular flexibility index (Phi) is 5.43. The van der Waals surface area contributed by atoms with Gasteiger partial charge in [-0.1, -0.05) is 22.9 Å². The molecule has 2 rings (SSSR count). The molecule has 0 spiro atoms. The quantitative estimate of drug-likeness (QED) is 0.746. The number of halogens is 1. The van der Waals surface area contributed by atoms with E-state index in [1.54, 1.807) is 0 Å². The lowest BCUT2D eigenvalue weighted by Gasteiger charge is -2.21. The van der Waals surface area contributed by atoms with Gasteiger partial charge in [0.25, 0.3) is 0 Å². The van der Waals surface area contributed by atoms with Crippen molar-refractivity contribution in [3.05, 3.63) is 27.7 Å². The minimum Gasteiger partial charge on any atom is -0.493 e. The molecular weight excluding hydrogens is 322 g/mol. The standard InChI is InChI=1S/C15H20BrNO3/c1-3-17(6-4-14(18)19-2)10-12-9-13(16)8-11-5-7-20-15(11)12/h8-9H,3-7,10H2,1-2H3. The second-order valence-corrected chi connectivity index (χ2v) is 5.76. The van der Waals surface area contributed by atoms with Crippen LogP contribution in [0.2, 0.25) is 0 Å². The first kappa shape index (κ1) is 15.3. The number of carbonyl (C=O) groups is 1. The van der Waals surface area contributed by atoms with Crippen molar-refractivity contribution in [3.8, 4) is 5.75 Å². The molecule has 1 aromatic carbocycles. The third-order valence-corrected chi connectivity index (χ3v) is 3.98. The van der Waals surface area contributed by atoms with Crippen molar-refractivity contribution >= 4 is 21.9 Å². The molecule has 0 atom stereocenters. The molecule has 0 saturated heterocycles. The van der Waals surface area contributed by atoms with Gasteiger partial charge in [0, 0.05) is 29.5 Å². The summed E-state index contributed by atoms with van der Waals surface area (Å²) in [7, 11) is 1.42. The lowest BCUT2D eigenvalue weighted by molar-refractivity contribution is -0.141. The van der Waals surface area contributed by atoms with E-state index < -0.39 is 0 Å². The van der Waals surface area contributed by atoms with Crippen LogP contribution in [-0.2, 0) is 22.5 Å². The number of ether oxygens (including phenoxy) is 2. The zero-order valence-corrected chi connectivity index (χ0v) is 13.5. The Morgan fingerprint density at radius 2 is 2.30 bits per heavy atom. The van der Waals surface area contributed by atoms with Crippen molar-refractivity contribution in [2.24, 2.45) is 0 Å². The summed E-state index contributed by atoms with van der Waals surface area (Å²) >= 11 is 3.55. The van der Waals surface area contributed by atoms with E-state index in [1.807, 2.05) is 0 Å². The molecule has 0 radical (unpaired) electrons. The third-order valence-electron chi connectivity index (χ3n) is 3.53. The first-order chi connectivity index (χ1) is 9.63. The topological polar surface area (TPSA) is 38.8 Å². The minimum atomic E-state index is -0.167. The molecule has 110 valence electrons. The zero-order chi connectivity index (χ0) is 14.5. The van der Waals surface area contributed by atoms with Gasteiger partial charge in [-0.3, -0.25) is 9.69 Å². The summed E-state index contributed by atoms with van der Waals surface area (Å²) < 4.78 is 11.5. The first-order valence-electron chi connectivity index (χ1n) is 6.87. The van der Waals surface area contributed by atoms with Gasteiger partial charge in [-0.2, -0.15) is 0 Å². The molecule has 0 aromatic heterocycles. The molecule has 0 aliphatic carbocycles. The van der Waals surface area contributed by atoms with Gasteiger partial charge in [0.1, 0.15) is 5.75 Å². The van der Waals surface area contributed by atoms with Gasteiger partial charge in [0.05, 0.1) is 20.1 Å². The summed E-state index contributed by atoms with van der Waals surface area (Å²) in [6, 6.07) is 4.22. The van der Waals surface area contributed by atoms with Crippen molar-refractivity contribution in [3.63, 3.8) is 0 Å². The van der Waals surface area contributed by atoms with Crippen molar-refractivity contribution < 1.29 is 14.3 Å². The summed E-state index contributed by atoms with van der Waals surface area (Å²) in [6.07, 6.45) is 1.39. The van der Waals surface area contributed by atoms with Gasteiger partial charge in [0.15, 0.2) is 0 Å². The summed E-state index contributed by atoms with van der Waals surface area (Å²) in [5.74, 6) is 0.851. The molecule has 5 heteroatoms. The Hall–Kier alpha value is -1.07. The van der Waals surface area contributed by atoms with Crippen LogP contribution in [0, 0.1) is 0 Å². The number of esters is 1. The number of hydrogen-bond donors (Lipinski definition) is 0. The van der Waals surface area contributed by atoms with Gasteiger partial charge >= 0.3 is 5.97 Å². The monoisotopic (exact) mass is 341 g/mol. The van der Waals surface area contributed by atoms with Crippen LogP contribution in [0.1, 0.15) is 24.5 Å². The van der Waals surface area contributed by atoms with Crippen LogP contribution in [0.3, 0.4) is 0 Å². The van der Waals surface area contributed by atoms with Crippen molar-refractivity contribution in [1.29, 1.82) is 0 Å². The maximum Gasteiger partial charge on any atom is 0.306 e. The Morgan fingerprint density at radius 3 is 3.00 bits per heavy atom. The highest BCUT2D eigenvalue weighted by Crippen LogP contribution is 2.33. The highest BCUT2D eigenvalue weighted by Gasteiger charge is 2.19. The van der Waals surface area contributed by atoms with Crippen LogP contribution >= 0.6 is 15.9 Å². The minimum absolute atomic E-state index is 0.167. The average Bonchev–Trinajstić information content (AvgIpc) is 2.90. The molecule has 1 aliphatic rings. The fourth-order valence-electron chi connectivity index (χ4n) is 2.40. The predicted molar refractivity (Wildman–Crippen MR) is 80.9 cm³/mol. The van der Waals surface area contributed by atoms with E-state index in [1.165, 1.54) is 18.2 Å². The molecule has 0 amide bonds. The number of benzene rings is 1. The van der Waals surface area contributed by atoms with Crippen LogP contribution in [0.25, 0.3) is 0 Å². The molecule has 4 nitrogen and oxygen atoms in total. The largest absolute Gasteiger partial charge is 0.493 e. The third kappa shape index (κ3) is 3.73. The second kappa shape index (κ2) is 7.09. The van der Waals surface area contributed by atoms with Crippen molar-refractivity contribution in [2.75, 3.05) is 26.8 Å². The van der Waals surface area contributed by atoms with E-state index in [-0.39, 0.29) is 5.97 Å². The van der Waals surface area contributed by atoms with Crippen LogP contribution in [-0.4, -0.2) is 37.7 Å². The fourth-order valence-corrected chi connectivity index (χ4v) is 2.96. The van der Waals surface area contributed by atoms with Gasteiger partial charge in [-0.25, -0.2) is 0 Å². The zero-order valence-electron chi connectivity index (χ0n) is 11.9. The Balaban J connectivity index is 2.06. The SMILES string of the molecule is CCN(CCC(=O)OC)Cc1cc(Br)cc2c1OCC2. The lowest BCUT2D eigenvalue weighted by atomic mass is 10.1. The molecular formula is C15H20BrNO3. The molecule has 1 aliphatic heterocycles. The Bertz CT molecular complexity index is 490. The summed E-state index contributed by atoms with van der Waals surface area (Å²) in [6.45, 7) is 5.22. The van der Waals surface area contributed by atoms with E-state index in [4.69, 9.17) is 9.47 Å². The maximum absolute atomic E-state index is 11.2. The normalized spacial score (nSPS) is 13.2.